The monoisotopic (exact) mass is 543 g/mol. The first-order valence-electron chi connectivity index (χ1n) is 13.4. The van der Waals surface area contributed by atoms with Crippen LogP contribution in [0.5, 0.6) is 5.75 Å². The Kier molecular flexibility index (Phi) is 11.0. The van der Waals surface area contributed by atoms with E-state index >= 15 is 0 Å². The van der Waals surface area contributed by atoms with Crippen LogP contribution in [0.15, 0.2) is 54.6 Å². The lowest BCUT2D eigenvalue weighted by molar-refractivity contribution is -0.140. The first-order valence-corrected chi connectivity index (χ1v) is 15.3. The second-order valence-corrected chi connectivity index (χ2v) is 11.9. The SMILES string of the molecule is COc1ccc(N(CCCC(=O)N(CCc2ccccc2)C(C)C(=O)NC2CCCCC2)S(C)(=O)=O)cc1. The minimum absolute atomic E-state index is 0.130. The first-order chi connectivity index (χ1) is 18.2. The molecule has 1 saturated carbocycles. The maximum atomic E-state index is 13.4. The average molecular weight is 544 g/mol. The van der Waals surface area contributed by atoms with Crippen molar-refractivity contribution in [3.63, 3.8) is 0 Å². The molecular weight excluding hydrogens is 502 g/mol. The van der Waals surface area contributed by atoms with Crippen molar-refractivity contribution in [3.05, 3.63) is 60.2 Å². The van der Waals surface area contributed by atoms with Crippen LogP contribution >= 0.6 is 0 Å². The molecule has 2 amide bonds. The lowest BCUT2D eigenvalue weighted by Crippen LogP contribution is -2.51. The van der Waals surface area contributed by atoms with Crippen LogP contribution in [0, 0.1) is 0 Å². The van der Waals surface area contributed by atoms with Gasteiger partial charge in [-0.25, -0.2) is 8.42 Å². The van der Waals surface area contributed by atoms with Crippen LogP contribution < -0.4 is 14.4 Å². The summed E-state index contributed by atoms with van der Waals surface area (Å²) in [5, 5.41) is 3.15. The minimum atomic E-state index is -3.54. The van der Waals surface area contributed by atoms with Crippen LogP contribution in [0.25, 0.3) is 0 Å². The van der Waals surface area contributed by atoms with Gasteiger partial charge in [-0.15, -0.1) is 0 Å². The molecule has 0 aliphatic heterocycles. The fraction of sp³-hybridized carbons (Fsp3) is 0.517. The van der Waals surface area contributed by atoms with Gasteiger partial charge in [-0.2, -0.15) is 0 Å². The number of ether oxygens (including phenoxy) is 1. The van der Waals surface area contributed by atoms with Crippen molar-refractivity contribution in [1.29, 1.82) is 0 Å². The van der Waals surface area contributed by atoms with E-state index in [4.69, 9.17) is 4.74 Å². The molecule has 3 rings (SSSR count). The Bertz CT molecular complexity index is 1130. The molecule has 1 aliphatic carbocycles. The molecule has 9 heteroatoms. The van der Waals surface area contributed by atoms with Crippen molar-refractivity contribution in [3.8, 4) is 5.75 Å². The Hall–Kier alpha value is -3.07. The lowest BCUT2D eigenvalue weighted by atomic mass is 9.95. The van der Waals surface area contributed by atoms with Gasteiger partial charge in [0.2, 0.25) is 21.8 Å². The van der Waals surface area contributed by atoms with Gasteiger partial charge in [-0.05, 0) is 62.4 Å². The van der Waals surface area contributed by atoms with E-state index in [2.05, 4.69) is 5.32 Å². The van der Waals surface area contributed by atoms with E-state index in [0.29, 0.717) is 30.8 Å². The van der Waals surface area contributed by atoms with Crippen LogP contribution in [0.3, 0.4) is 0 Å². The maximum Gasteiger partial charge on any atom is 0.242 e. The molecular formula is C29H41N3O5S. The van der Waals surface area contributed by atoms with E-state index in [1.165, 1.54) is 10.7 Å². The number of anilines is 1. The molecule has 0 heterocycles. The van der Waals surface area contributed by atoms with Gasteiger partial charge in [0.1, 0.15) is 11.8 Å². The Morgan fingerprint density at radius 1 is 1.00 bits per heavy atom. The van der Waals surface area contributed by atoms with Crippen molar-refractivity contribution < 1.29 is 22.7 Å². The number of hydrogen-bond acceptors (Lipinski definition) is 5. The van der Waals surface area contributed by atoms with Crippen molar-refractivity contribution in [2.75, 3.05) is 30.8 Å². The fourth-order valence-electron chi connectivity index (χ4n) is 4.89. The molecule has 38 heavy (non-hydrogen) atoms. The molecule has 208 valence electrons. The highest BCUT2D eigenvalue weighted by atomic mass is 32.2. The number of carbonyl (C=O) groups excluding carboxylic acids is 2. The van der Waals surface area contributed by atoms with Gasteiger partial charge in [0.15, 0.2) is 0 Å². The fourth-order valence-corrected chi connectivity index (χ4v) is 5.86. The van der Waals surface area contributed by atoms with Crippen LogP contribution in [0.1, 0.15) is 57.4 Å². The molecule has 2 aromatic rings. The molecule has 0 aromatic heterocycles. The summed E-state index contributed by atoms with van der Waals surface area (Å²) >= 11 is 0. The zero-order valence-electron chi connectivity index (χ0n) is 22.8. The Morgan fingerprint density at radius 2 is 1.66 bits per heavy atom. The van der Waals surface area contributed by atoms with Crippen LogP contribution in [-0.4, -0.2) is 63.7 Å². The largest absolute Gasteiger partial charge is 0.497 e. The van der Waals surface area contributed by atoms with Gasteiger partial charge in [0, 0.05) is 25.6 Å². The number of amides is 2. The molecule has 0 spiro atoms. The predicted octanol–water partition coefficient (Wildman–Crippen LogP) is 4.15. The van der Waals surface area contributed by atoms with E-state index < -0.39 is 16.1 Å². The number of sulfonamides is 1. The summed E-state index contributed by atoms with van der Waals surface area (Å²) in [4.78, 5) is 28.2. The summed E-state index contributed by atoms with van der Waals surface area (Å²) in [7, 11) is -1.99. The van der Waals surface area contributed by atoms with Gasteiger partial charge in [0.25, 0.3) is 0 Å². The number of benzene rings is 2. The van der Waals surface area contributed by atoms with Gasteiger partial charge in [-0.1, -0.05) is 49.6 Å². The Morgan fingerprint density at radius 3 is 2.26 bits per heavy atom. The predicted molar refractivity (Wildman–Crippen MR) is 151 cm³/mol. The molecule has 2 aromatic carbocycles. The van der Waals surface area contributed by atoms with Gasteiger partial charge < -0.3 is 15.0 Å². The Labute approximate surface area is 227 Å². The minimum Gasteiger partial charge on any atom is -0.497 e. The first kappa shape index (κ1) is 29.5. The van der Waals surface area contributed by atoms with Gasteiger partial charge in [0.05, 0.1) is 19.1 Å². The standard InChI is InChI=1S/C29H41N3O5S/c1-23(29(34)30-25-13-8-5-9-14-25)31(22-20-24-11-6-4-7-12-24)28(33)15-10-21-32(38(3,35)36)26-16-18-27(37-2)19-17-26/h4,6-7,11-12,16-19,23,25H,5,8-10,13-15,20-22H2,1-3H3,(H,30,34). The van der Waals surface area contributed by atoms with Gasteiger partial charge in [-0.3, -0.25) is 13.9 Å². The van der Waals surface area contributed by atoms with Crippen LogP contribution in [0.2, 0.25) is 0 Å². The number of hydrogen-bond donors (Lipinski definition) is 1. The second-order valence-electron chi connectivity index (χ2n) is 9.98. The quantitative estimate of drug-likeness (QED) is 0.410. The number of methoxy groups -OCH3 is 1. The lowest BCUT2D eigenvalue weighted by Gasteiger charge is -2.31. The molecule has 0 saturated heterocycles. The molecule has 1 atom stereocenters. The van der Waals surface area contributed by atoms with Crippen LogP contribution in [-0.2, 0) is 26.0 Å². The smallest absolute Gasteiger partial charge is 0.242 e. The van der Waals surface area contributed by atoms with E-state index in [0.717, 1.165) is 37.5 Å². The third-order valence-electron chi connectivity index (χ3n) is 7.12. The zero-order valence-corrected chi connectivity index (χ0v) is 23.6. The van der Waals surface area contributed by atoms with Crippen molar-refractivity contribution >= 4 is 27.5 Å². The average Bonchev–Trinajstić information content (AvgIpc) is 2.91. The van der Waals surface area contributed by atoms with E-state index in [9.17, 15) is 18.0 Å². The summed E-state index contributed by atoms with van der Waals surface area (Å²) < 4.78 is 31.4. The van der Waals surface area contributed by atoms with Crippen molar-refractivity contribution in [1.82, 2.24) is 10.2 Å². The molecule has 8 nitrogen and oxygen atoms in total. The third kappa shape index (κ3) is 8.75. The highest BCUT2D eigenvalue weighted by Crippen LogP contribution is 2.22. The van der Waals surface area contributed by atoms with E-state index in [1.807, 2.05) is 30.3 Å². The Balaban J connectivity index is 1.66. The normalized spacial score (nSPS) is 14.9. The summed E-state index contributed by atoms with van der Waals surface area (Å²) in [6, 6.07) is 16.2. The highest BCUT2D eigenvalue weighted by Gasteiger charge is 2.28. The number of carbonyl (C=O) groups is 2. The molecule has 1 fully saturated rings. The summed E-state index contributed by atoms with van der Waals surface area (Å²) in [6.45, 7) is 2.35. The van der Waals surface area contributed by atoms with E-state index in [1.54, 1.807) is 43.2 Å². The summed E-state index contributed by atoms with van der Waals surface area (Å²) in [5.74, 6) is 0.344. The number of nitrogens with one attached hydrogen (secondary N) is 1. The van der Waals surface area contributed by atoms with Crippen LogP contribution in [0.4, 0.5) is 5.69 Å². The third-order valence-corrected chi connectivity index (χ3v) is 8.31. The second kappa shape index (κ2) is 14.2. The van der Waals surface area contributed by atoms with E-state index in [-0.39, 0.29) is 30.8 Å². The molecule has 1 N–H and O–H groups in total. The van der Waals surface area contributed by atoms with Crippen molar-refractivity contribution in [2.24, 2.45) is 0 Å². The van der Waals surface area contributed by atoms with Crippen molar-refractivity contribution in [2.45, 2.75) is 70.4 Å². The highest BCUT2D eigenvalue weighted by molar-refractivity contribution is 7.92. The summed E-state index contributed by atoms with van der Waals surface area (Å²) in [6.07, 6.45) is 7.63. The van der Waals surface area contributed by atoms with Gasteiger partial charge >= 0.3 is 0 Å². The molecule has 0 radical (unpaired) electrons. The molecule has 1 unspecified atom stereocenters. The maximum absolute atomic E-state index is 13.4. The molecule has 1 aliphatic rings. The number of rotatable bonds is 13. The zero-order chi connectivity index (χ0) is 27.5. The topological polar surface area (TPSA) is 96.0 Å². The summed E-state index contributed by atoms with van der Waals surface area (Å²) in [5.41, 5.74) is 1.61. The number of nitrogens with zero attached hydrogens (tertiary/aromatic N) is 2. The molecule has 0 bridgehead atoms.